The van der Waals surface area contributed by atoms with E-state index in [0.29, 0.717) is 5.58 Å². The number of carbonyl (C=O) groups is 1. The van der Waals surface area contributed by atoms with Crippen LogP contribution >= 0.6 is 0 Å². The number of hydrogen-bond donors (Lipinski definition) is 2. The van der Waals surface area contributed by atoms with Crippen LogP contribution < -0.4 is 5.73 Å². The number of carboxylic acid groups (broad SMARTS) is 1. The summed E-state index contributed by atoms with van der Waals surface area (Å²) >= 11 is 0. The first-order chi connectivity index (χ1) is 8.43. The molecular formula is C9H10N4O5. The van der Waals surface area contributed by atoms with Gasteiger partial charge in [0.1, 0.15) is 6.04 Å². The van der Waals surface area contributed by atoms with E-state index in [9.17, 15) is 14.9 Å². The molecular weight excluding hydrogens is 244 g/mol. The number of rotatable bonds is 2. The third-order valence-corrected chi connectivity index (χ3v) is 1.84. The van der Waals surface area contributed by atoms with Crippen molar-refractivity contribution in [3.63, 3.8) is 0 Å². The zero-order valence-corrected chi connectivity index (χ0v) is 9.31. The molecule has 0 radical (unpaired) electrons. The number of nitrogens with two attached hydrogens (primary N) is 1. The Labute approximate surface area is 100 Å². The maximum Gasteiger partial charge on any atom is 0.320 e. The Morgan fingerprint density at radius 3 is 2.72 bits per heavy atom. The van der Waals surface area contributed by atoms with Crippen LogP contribution in [-0.4, -0.2) is 32.4 Å². The fourth-order valence-electron chi connectivity index (χ4n) is 0.937. The summed E-state index contributed by atoms with van der Waals surface area (Å²) in [5.74, 6) is -0.963. The number of benzene rings is 1. The zero-order chi connectivity index (χ0) is 13.7. The number of carboxylic acids is 1. The Bertz CT molecular complexity index is 565. The molecule has 0 spiro atoms. The van der Waals surface area contributed by atoms with E-state index in [2.05, 4.69) is 14.9 Å². The SMILES string of the molecule is C[C@H](N)C(=O)O.O=[N+]([O-])c1cccc2onnc12. The highest BCUT2D eigenvalue weighted by Crippen LogP contribution is 2.21. The molecule has 18 heavy (non-hydrogen) atoms. The Hall–Kier alpha value is -2.55. The van der Waals surface area contributed by atoms with Gasteiger partial charge in [0.2, 0.25) is 5.52 Å². The second-order valence-electron chi connectivity index (χ2n) is 3.28. The third-order valence-electron chi connectivity index (χ3n) is 1.84. The standard InChI is InChI=1S/C6H3N3O3.C3H7NO2/c10-9(11)4-2-1-3-5-6(4)7-8-12-5;1-2(4)3(5)6/h1-3H;2H,4H2,1H3,(H,5,6)/t;2-/m.0/s1. The number of hydrogen-bond acceptors (Lipinski definition) is 7. The van der Waals surface area contributed by atoms with Crippen LogP contribution in [-0.2, 0) is 4.79 Å². The molecule has 0 amide bonds. The molecule has 1 atom stereocenters. The zero-order valence-electron chi connectivity index (χ0n) is 9.31. The lowest BCUT2D eigenvalue weighted by Gasteiger charge is -1.90. The van der Waals surface area contributed by atoms with Gasteiger partial charge in [-0.2, -0.15) is 0 Å². The predicted molar refractivity (Wildman–Crippen MR) is 59.7 cm³/mol. The van der Waals surface area contributed by atoms with Crippen LogP contribution in [0.1, 0.15) is 6.92 Å². The number of non-ortho nitro benzene ring substituents is 1. The molecule has 2 aromatic rings. The third kappa shape index (κ3) is 3.22. The summed E-state index contributed by atoms with van der Waals surface area (Å²) < 4.78 is 4.64. The van der Waals surface area contributed by atoms with Crippen molar-refractivity contribution in [1.82, 2.24) is 10.4 Å². The van der Waals surface area contributed by atoms with Gasteiger partial charge in [-0.25, -0.2) is 0 Å². The first-order valence-corrected chi connectivity index (χ1v) is 4.77. The topological polar surface area (TPSA) is 145 Å². The highest BCUT2D eigenvalue weighted by molar-refractivity contribution is 5.81. The molecule has 0 fully saturated rings. The molecule has 0 saturated heterocycles. The van der Waals surface area contributed by atoms with Crippen LogP contribution in [0.15, 0.2) is 22.7 Å². The van der Waals surface area contributed by atoms with Gasteiger partial charge in [0.05, 0.1) is 4.92 Å². The number of nitro benzene ring substituents is 1. The van der Waals surface area contributed by atoms with E-state index in [1.807, 2.05) is 0 Å². The molecule has 0 aliphatic carbocycles. The minimum atomic E-state index is -0.963. The monoisotopic (exact) mass is 254 g/mol. The van der Waals surface area contributed by atoms with E-state index in [1.54, 1.807) is 6.07 Å². The van der Waals surface area contributed by atoms with Gasteiger partial charge in [-0.3, -0.25) is 14.9 Å². The Kier molecular flexibility index (Phi) is 4.27. The Balaban J connectivity index is 0.000000232. The van der Waals surface area contributed by atoms with Crippen LogP contribution in [0.25, 0.3) is 11.1 Å². The van der Waals surface area contributed by atoms with Crippen molar-refractivity contribution in [3.05, 3.63) is 28.3 Å². The lowest BCUT2D eigenvalue weighted by Crippen LogP contribution is -2.25. The van der Waals surface area contributed by atoms with Crippen molar-refractivity contribution < 1.29 is 19.3 Å². The Morgan fingerprint density at radius 1 is 1.61 bits per heavy atom. The van der Waals surface area contributed by atoms with E-state index in [-0.39, 0.29) is 11.2 Å². The van der Waals surface area contributed by atoms with Crippen molar-refractivity contribution in [2.45, 2.75) is 13.0 Å². The first kappa shape index (κ1) is 13.5. The molecule has 3 N–H and O–H groups in total. The van der Waals surface area contributed by atoms with Crippen LogP contribution in [0.3, 0.4) is 0 Å². The number of nitrogens with zero attached hydrogens (tertiary/aromatic N) is 3. The summed E-state index contributed by atoms with van der Waals surface area (Å²) in [6.45, 7) is 1.42. The molecule has 1 aromatic heterocycles. The molecule has 0 saturated carbocycles. The Morgan fingerprint density at radius 2 is 2.22 bits per heavy atom. The second-order valence-corrected chi connectivity index (χ2v) is 3.28. The first-order valence-electron chi connectivity index (χ1n) is 4.77. The summed E-state index contributed by atoms with van der Waals surface area (Å²) in [4.78, 5) is 19.5. The second kappa shape index (κ2) is 5.68. The molecule has 0 bridgehead atoms. The smallest absolute Gasteiger partial charge is 0.320 e. The number of nitro groups is 1. The molecule has 0 aliphatic rings. The molecule has 1 aromatic carbocycles. The number of fused-ring (bicyclic) bond motifs is 1. The lowest BCUT2D eigenvalue weighted by molar-refractivity contribution is -0.383. The van der Waals surface area contributed by atoms with Crippen molar-refractivity contribution in [1.29, 1.82) is 0 Å². The molecule has 1 heterocycles. The average molecular weight is 254 g/mol. The summed E-state index contributed by atoms with van der Waals surface area (Å²) in [6, 6.07) is 3.72. The van der Waals surface area contributed by atoms with E-state index in [4.69, 9.17) is 10.8 Å². The average Bonchev–Trinajstić information content (AvgIpc) is 2.76. The molecule has 0 unspecified atom stereocenters. The molecule has 0 aliphatic heterocycles. The normalized spacial score (nSPS) is 11.4. The number of aliphatic carboxylic acids is 1. The van der Waals surface area contributed by atoms with Crippen molar-refractivity contribution in [2.75, 3.05) is 0 Å². The predicted octanol–water partition coefficient (Wildman–Crippen LogP) is 0.549. The minimum absolute atomic E-state index is 0.0891. The molecule has 2 rings (SSSR count). The molecule has 9 heteroatoms. The van der Waals surface area contributed by atoms with Gasteiger partial charge in [-0.05, 0) is 13.0 Å². The van der Waals surface area contributed by atoms with Gasteiger partial charge in [0.25, 0.3) is 0 Å². The fourth-order valence-corrected chi connectivity index (χ4v) is 0.937. The maximum atomic E-state index is 10.4. The largest absolute Gasteiger partial charge is 0.480 e. The van der Waals surface area contributed by atoms with Gasteiger partial charge >= 0.3 is 11.7 Å². The van der Waals surface area contributed by atoms with Gasteiger partial charge in [0.15, 0.2) is 5.58 Å². The molecule has 96 valence electrons. The highest BCUT2D eigenvalue weighted by atomic mass is 16.6. The van der Waals surface area contributed by atoms with E-state index in [0.717, 1.165) is 0 Å². The van der Waals surface area contributed by atoms with Crippen molar-refractivity contribution in [2.24, 2.45) is 5.73 Å². The van der Waals surface area contributed by atoms with Gasteiger partial charge in [-0.1, -0.05) is 6.07 Å². The van der Waals surface area contributed by atoms with Crippen molar-refractivity contribution in [3.8, 4) is 0 Å². The number of aromatic nitrogens is 2. The lowest BCUT2D eigenvalue weighted by atomic mass is 10.3. The van der Waals surface area contributed by atoms with Gasteiger partial charge in [0, 0.05) is 11.3 Å². The van der Waals surface area contributed by atoms with Gasteiger partial charge in [-0.15, -0.1) is 5.10 Å². The van der Waals surface area contributed by atoms with Crippen LogP contribution in [0, 0.1) is 10.1 Å². The summed E-state index contributed by atoms with van der Waals surface area (Å²) in [5, 5.41) is 25.0. The quantitative estimate of drug-likeness (QED) is 0.583. The maximum absolute atomic E-state index is 10.4. The molecule has 9 nitrogen and oxygen atoms in total. The van der Waals surface area contributed by atoms with Gasteiger partial charge < -0.3 is 15.4 Å². The summed E-state index contributed by atoms with van der Waals surface area (Å²) in [6.07, 6.45) is 0. The van der Waals surface area contributed by atoms with E-state index < -0.39 is 16.9 Å². The summed E-state index contributed by atoms with van der Waals surface area (Å²) in [7, 11) is 0. The summed E-state index contributed by atoms with van der Waals surface area (Å²) in [5.41, 5.74) is 5.25. The van der Waals surface area contributed by atoms with E-state index >= 15 is 0 Å². The van der Waals surface area contributed by atoms with Crippen LogP contribution in [0.5, 0.6) is 0 Å². The van der Waals surface area contributed by atoms with E-state index in [1.165, 1.54) is 19.1 Å². The van der Waals surface area contributed by atoms with Crippen molar-refractivity contribution >= 4 is 22.8 Å². The fraction of sp³-hybridized carbons (Fsp3) is 0.222. The highest BCUT2D eigenvalue weighted by Gasteiger charge is 2.14. The minimum Gasteiger partial charge on any atom is -0.480 e. The van der Waals surface area contributed by atoms with Crippen LogP contribution in [0.2, 0.25) is 0 Å². The van der Waals surface area contributed by atoms with Crippen LogP contribution in [0.4, 0.5) is 5.69 Å².